The molecular weight excluding hydrogens is 180 g/mol. The number of hydrogen-bond donors (Lipinski definition) is 1. The molecule has 9 heavy (non-hydrogen) atoms. The standard InChI is InChI=1S/C4H10Cl2NOP/c1-3-4(2)7-9(5,6)8/h4H,3H2,1-2H3,(H,7,8). The zero-order chi connectivity index (χ0) is 7.49. The average molecular weight is 190 g/mol. The van der Waals surface area contributed by atoms with Gasteiger partial charge < -0.3 is 0 Å². The smallest absolute Gasteiger partial charge is 0.271 e. The molecule has 0 saturated heterocycles. The van der Waals surface area contributed by atoms with Crippen LogP contribution in [0.3, 0.4) is 0 Å². The number of hydrogen-bond acceptors (Lipinski definition) is 1. The molecule has 1 atom stereocenters. The van der Waals surface area contributed by atoms with E-state index in [4.69, 9.17) is 22.5 Å². The highest BCUT2D eigenvalue weighted by Crippen LogP contribution is 2.52. The maximum atomic E-state index is 10.6. The second kappa shape index (κ2) is 3.82. The fraction of sp³-hybridized carbons (Fsp3) is 1.00. The van der Waals surface area contributed by atoms with E-state index in [1.165, 1.54) is 0 Å². The minimum Gasteiger partial charge on any atom is -0.271 e. The molecule has 0 aromatic carbocycles. The van der Waals surface area contributed by atoms with Crippen LogP contribution in [0.4, 0.5) is 0 Å². The molecule has 0 aliphatic carbocycles. The highest BCUT2D eigenvalue weighted by Gasteiger charge is 2.14. The lowest BCUT2D eigenvalue weighted by Crippen LogP contribution is -2.17. The largest absolute Gasteiger partial charge is 0.319 e. The van der Waals surface area contributed by atoms with E-state index >= 15 is 0 Å². The monoisotopic (exact) mass is 189 g/mol. The first-order chi connectivity index (χ1) is 3.95. The first-order valence-corrected chi connectivity index (χ1v) is 6.24. The van der Waals surface area contributed by atoms with Gasteiger partial charge in [0.1, 0.15) is 0 Å². The Morgan fingerprint density at radius 2 is 2.11 bits per heavy atom. The molecule has 0 radical (unpaired) electrons. The number of halogens is 2. The molecule has 0 bridgehead atoms. The van der Waals surface area contributed by atoms with Crippen LogP contribution in [0.15, 0.2) is 0 Å². The highest BCUT2D eigenvalue weighted by atomic mass is 35.9. The first kappa shape index (κ1) is 9.77. The summed E-state index contributed by atoms with van der Waals surface area (Å²) < 4.78 is 10.6. The summed E-state index contributed by atoms with van der Waals surface area (Å²) in [5, 5.41) is 2.56. The van der Waals surface area contributed by atoms with Crippen LogP contribution in [0.1, 0.15) is 20.3 Å². The molecular formula is C4H10Cl2NOP. The van der Waals surface area contributed by atoms with Gasteiger partial charge in [0.2, 0.25) is 0 Å². The van der Waals surface area contributed by atoms with Gasteiger partial charge in [0.15, 0.2) is 0 Å². The summed E-state index contributed by atoms with van der Waals surface area (Å²) in [6.45, 7) is 3.83. The zero-order valence-corrected chi connectivity index (χ0v) is 7.80. The minimum atomic E-state index is -3.04. The van der Waals surface area contributed by atoms with Crippen molar-refractivity contribution >= 4 is 28.5 Å². The lowest BCUT2D eigenvalue weighted by atomic mass is 10.3. The Bertz CT molecular complexity index is 124. The van der Waals surface area contributed by atoms with E-state index in [1.54, 1.807) is 0 Å². The maximum absolute atomic E-state index is 10.6. The second-order valence-electron chi connectivity index (χ2n) is 1.90. The first-order valence-electron chi connectivity index (χ1n) is 2.73. The molecule has 0 fully saturated rings. The molecule has 0 heterocycles. The Kier molecular flexibility index (Phi) is 4.15. The lowest BCUT2D eigenvalue weighted by Gasteiger charge is -2.10. The van der Waals surface area contributed by atoms with Crippen molar-refractivity contribution in [1.82, 2.24) is 5.09 Å². The van der Waals surface area contributed by atoms with Crippen LogP contribution in [-0.2, 0) is 4.57 Å². The SMILES string of the molecule is CCC(C)NP(=O)(Cl)Cl. The van der Waals surface area contributed by atoms with E-state index in [1.807, 2.05) is 13.8 Å². The number of rotatable bonds is 3. The Morgan fingerprint density at radius 3 is 2.22 bits per heavy atom. The molecule has 1 unspecified atom stereocenters. The molecule has 0 aliphatic rings. The summed E-state index contributed by atoms with van der Waals surface area (Å²) in [6, 6.07) is 0.117. The molecule has 1 N–H and O–H groups in total. The van der Waals surface area contributed by atoms with Gasteiger partial charge in [-0.05, 0) is 35.8 Å². The minimum absolute atomic E-state index is 0.117. The van der Waals surface area contributed by atoms with E-state index < -0.39 is 6.00 Å². The molecule has 0 aromatic heterocycles. The average Bonchev–Trinajstić information content (AvgIpc) is 1.62. The quantitative estimate of drug-likeness (QED) is 0.693. The van der Waals surface area contributed by atoms with Crippen LogP contribution in [0.25, 0.3) is 0 Å². The Balaban J connectivity index is 3.60. The third kappa shape index (κ3) is 6.66. The van der Waals surface area contributed by atoms with Crippen LogP contribution < -0.4 is 5.09 Å². The van der Waals surface area contributed by atoms with Gasteiger partial charge in [0.25, 0.3) is 0 Å². The zero-order valence-electron chi connectivity index (χ0n) is 5.40. The van der Waals surface area contributed by atoms with Gasteiger partial charge in [-0.15, -0.1) is 0 Å². The molecule has 0 saturated carbocycles. The molecule has 0 aromatic rings. The Labute approximate surface area is 64.9 Å². The van der Waals surface area contributed by atoms with Crippen LogP contribution in [-0.4, -0.2) is 6.04 Å². The van der Waals surface area contributed by atoms with Crippen LogP contribution in [0.5, 0.6) is 0 Å². The number of nitrogens with one attached hydrogen (secondary N) is 1. The normalized spacial score (nSPS) is 15.6. The molecule has 0 spiro atoms. The molecule has 0 amide bonds. The fourth-order valence-electron chi connectivity index (χ4n) is 0.348. The van der Waals surface area contributed by atoms with Gasteiger partial charge in [0.05, 0.1) is 0 Å². The molecule has 0 rings (SSSR count). The van der Waals surface area contributed by atoms with Crippen molar-refractivity contribution < 1.29 is 4.57 Å². The van der Waals surface area contributed by atoms with Crippen molar-refractivity contribution in [2.24, 2.45) is 0 Å². The van der Waals surface area contributed by atoms with Gasteiger partial charge in [-0.2, -0.15) is 0 Å². The summed E-state index contributed by atoms with van der Waals surface area (Å²) in [7, 11) is 0. The molecule has 56 valence electrons. The van der Waals surface area contributed by atoms with Crippen LogP contribution in [0.2, 0.25) is 0 Å². The topological polar surface area (TPSA) is 29.1 Å². The van der Waals surface area contributed by atoms with Gasteiger partial charge >= 0.3 is 6.00 Å². The third-order valence-electron chi connectivity index (χ3n) is 0.983. The summed E-state index contributed by atoms with van der Waals surface area (Å²) >= 11 is 10.4. The van der Waals surface area contributed by atoms with Crippen molar-refractivity contribution in [3.8, 4) is 0 Å². The summed E-state index contributed by atoms with van der Waals surface area (Å²) in [5.41, 5.74) is 0. The third-order valence-corrected chi connectivity index (χ3v) is 2.31. The second-order valence-corrected chi connectivity index (χ2v) is 6.46. The van der Waals surface area contributed by atoms with E-state index in [9.17, 15) is 4.57 Å². The van der Waals surface area contributed by atoms with Crippen molar-refractivity contribution in [3.63, 3.8) is 0 Å². The van der Waals surface area contributed by atoms with Gasteiger partial charge in [0, 0.05) is 6.04 Å². The summed E-state index contributed by atoms with van der Waals surface area (Å²) in [6.07, 6.45) is 0.865. The van der Waals surface area contributed by atoms with Crippen LogP contribution >= 0.6 is 28.5 Å². The van der Waals surface area contributed by atoms with Crippen LogP contribution in [0, 0.1) is 0 Å². The van der Waals surface area contributed by atoms with E-state index in [0.717, 1.165) is 6.42 Å². The van der Waals surface area contributed by atoms with Gasteiger partial charge in [-0.1, -0.05) is 6.92 Å². The van der Waals surface area contributed by atoms with Crippen molar-refractivity contribution in [1.29, 1.82) is 0 Å². The van der Waals surface area contributed by atoms with E-state index in [2.05, 4.69) is 5.09 Å². The predicted octanol–water partition coefficient (Wildman–Crippen LogP) is 2.96. The molecule has 5 heteroatoms. The van der Waals surface area contributed by atoms with Crippen molar-refractivity contribution in [2.75, 3.05) is 0 Å². The summed E-state index contributed by atoms with van der Waals surface area (Å²) in [4.78, 5) is 0. The van der Waals surface area contributed by atoms with E-state index in [0.29, 0.717) is 0 Å². The highest BCUT2D eigenvalue weighted by molar-refractivity contribution is 8.07. The van der Waals surface area contributed by atoms with E-state index in [-0.39, 0.29) is 6.04 Å². The van der Waals surface area contributed by atoms with Gasteiger partial charge in [-0.3, -0.25) is 4.57 Å². The van der Waals surface area contributed by atoms with Crippen molar-refractivity contribution in [3.05, 3.63) is 0 Å². The fourth-order valence-corrected chi connectivity index (χ4v) is 2.04. The summed E-state index contributed by atoms with van der Waals surface area (Å²) in [5.74, 6) is -3.04. The lowest BCUT2D eigenvalue weighted by molar-refractivity contribution is 0.567. The van der Waals surface area contributed by atoms with Crippen molar-refractivity contribution in [2.45, 2.75) is 26.3 Å². The Hall–Kier alpha value is 0.770. The molecule has 2 nitrogen and oxygen atoms in total. The predicted molar refractivity (Wildman–Crippen MR) is 42.2 cm³/mol. The van der Waals surface area contributed by atoms with Gasteiger partial charge in [-0.25, -0.2) is 5.09 Å². The molecule has 0 aliphatic heterocycles. The Morgan fingerprint density at radius 1 is 1.67 bits per heavy atom. The maximum Gasteiger partial charge on any atom is 0.319 e.